The van der Waals surface area contributed by atoms with Gasteiger partial charge in [-0.1, -0.05) is 49.7 Å². The Bertz CT molecular complexity index is 943. The van der Waals surface area contributed by atoms with Crippen LogP contribution in [0.15, 0.2) is 41.2 Å². The highest BCUT2D eigenvalue weighted by Crippen LogP contribution is 2.24. The second-order valence-corrected chi connectivity index (χ2v) is 6.44. The molecule has 0 radical (unpaired) electrons. The van der Waals surface area contributed by atoms with E-state index < -0.39 is 0 Å². The smallest absolute Gasteiger partial charge is 0.280 e. The third-order valence-corrected chi connectivity index (χ3v) is 4.21. The van der Waals surface area contributed by atoms with Gasteiger partial charge in [0.15, 0.2) is 5.82 Å². The Morgan fingerprint density at radius 3 is 2.43 bits per heavy atom. The highest BCUT2D eigenvalue weighted by molar-refractivity contribution is 6.31. The van der Waals surface area contributed by atoms with E-state index in [1.807, 2.05) is 31.2 Å². The van der Waals surface area contributed by atoms with Crippen molar-refractivity contribution in [3.05, 3.63) is 62.9 Å². The minimum Gasteiger partial charge on any atom is -0.334 e. The summed E-state index contributed by atoms with van der Waals surface area (Å²) < 4.78 is 1.09. The highest BCUT2D eigenvalue weighted by Gasteiger charge is 2.13. The monoisotopic (exact) mass is 327 g/mol. The van der Waals surface area contributed by atoms with Gasteiger partial charge in [-0.05, 0) is 36.1 Å². The Labute approximate surface area is 139 Å². The zero-order chi connectivity index (χ0) is 16.7. The summed E-state index contributed by atoms with van der Waals surface area (Å²) in [4.78, 5) is 17.1. The van der Waals surface area contributed by atoms with Crippen molar-refractivity contribution >= 4 is 22.5 Å². The first kappa shape index (κ1) is 15.6. The maximum Gasteiger partial charge on any atom is 0.280 e. The molecule has 0 fully saturated rings. The normalized spacial score (nSPS) is 11.3. The van der Waals surface area contributed by atoms with Crippen molar-refractivity contribution in [2.24, 2.45) is 0 Å². The lowest BCUT2D eigenvalue weighted by molar-refractivity contribution is 0.866. The first-order valence-electron chi connectivity index (χ1n) is 7.47. The zero-order valence-electron chi connectivity index (χ0n) is 13.3. The molecule has 1 heterocycles. The molecule has 0 atom stereocenters. The molecule has 2 aromatic carbocycles. The quantitative estimate of drug-likeness (QED) is 0.727. The second kappa shape index (κ2) is 5.70. The summed E-state index contributed by atoms with van der Waals surface area (Å²) in [5.74, 6) is 6.87. The van der Waals surface area contributed by atoms with Crippen molar-refractivity contribution in [2.75, 3.05) is 5.84 Å². The van der Waals surface area contributed by atoms with E-state index in [1.54, 1.807) is 12.1 Å². The standard InChI is InChI=1S/C18H18ClN3O/c1-10(2)12-4-6-13(7-5-12)17-21-16-11(3)8-14(19)9-15(16)18(23)22(17)20/h4-10H,20H2,1-3H3. The largest absolute Gasteiger partial charge is 0.334 e. The number of hydrogen-bond acceptors (Lipinski definition) is 3. The van der Waals surface area contributed by atoms with Crippen LogP contribution in [-0.2, 0) is 0 Å². The van der Waals surface area contributed by atoms with Gasteiger partial charge in [0.1, 0.15) is 0 Å². The van der Waals surface area contributed by atoms with Crippen LogP contribution in [0.3, 0.4) is 0 Å². The van der Waals surface area contributed by atoms with E-state index in [-0.39, 0.29) is 5.56 Å². The van der Waals surface area contributed by atoms with Crippen LogP contribution in [0.1, 0.15) is 30.9 Å². The van der Waals surface area contributed by atoms with Crippen LogP contribution < -0.4 is 11.4 Å². The van der Waals surface area contributed by atoms with Gasteiger partial charge in [-0.2, -0.15) is 0 Å². The first-order chi connectivity index (χ1) is 10.9. The van der Waals surface area contributed by atoms with Crippen LogP contribution >= 0.6 is 11.6 Å². The van der Waals surface area contributed by atoms with Crippen molar-refractivity contribution in [3.63, 3.8) is 0 Å². The number of nitrogens with two attached hydrogens (primary N) is 1. The van der Waals surface area contributed by atoms with Gasteiger partial charge in [0.05, 0.1) is 10.9 Å². The third-order valence-electron chi connectivity index (χ3n) is 4.00. The van der Waals surface area contributed by atoms with E-state index >= 15 is 0 Å². The number of benzene rings is 2. The van der Waals surface area contributed by atoms with Gasteiger partial charge in [-0.15, -0.1) is 0 Å². The van der Waals surface area contributed by atoms with Gasteiger partial charge in [-0.3, -0.25) is 4.79 Å². The molecule has 2 N–H and O–H groups in total. The SMILES string of the molecule is Cc1cc(Cl)cc2c(=O)n(N)c(-c3ccc(C(C)C)cc3)nc12. The summed E-state index contributed by atoms with van der Waals surface area (Å²) in [6.45, 7) is 6.15. The molecular weight excluding hydrogens is 310 g/mol. The lowest BCUT2D eigenvalue weighted by Crippen LogP contribution is -2.30. The Balaban J connectivity index is 2.26. The Kier molecular flexibility index (Phi) is 3.86. The van der Waals surface area contributed by atoms with Gasteiger partial charge in [0.2, 0.25) is 0 Å². The average molecular weight is 328 g/mol. The van der Waals surface area contributed by atoms with E-state index in [9.17, 15) is 4.79 Å². The molecule has 4 nitrogen and oxygen atoms in total. The summed E-state index contributed by atoms with van der Waals surface area (Å²) in [6, 6.07) is 11.3. The molecular formula is C18H18ClN3O. The molecule has 0 amide bonds. The molecule has 0 saturated heterocycles. The van der Waals surface area contributed by atoms with Crippen LogP contribution in [0, 0.1) is 6.92 Å². The number of nitrogen functional groups attached to an aromatic ring is 1. The van der Waals surface area contributed by atoms with E-state index in [0.717, 1.165) is 15.8 Å². The molecule has 0 saturated carbocycles. The van der Waals surface area contributed by atoms with E-state index in [1.165, 1.54) is 5.56 Å². The molecule has 0 unspecified atom stereocenters. The Hall–Kier alpha value is -2.33. The minimum atomic E-state index is -0.302. The molecule has 5 heteroatoms. The Morgan fingerprint density at radius 1 is 1.17 bits per heavy atom. The molecule has 0 aliphatic carbocycles. The number of rotatable bonds is 2. The lowest BCUT2D eigenvalue weighted by atomic mass is 10.0. The third kappa shape index (κ3) is 2.70. The molecule has 0 aliphatic rings. The van der Waals surface area contributed by atoms with Gasteiger partial charge < -0.3 is 5.84 Å². The van der Waals surface area contributed by atoms with Crippen LogP contribution in [-0.4, -0.2) is 9.66 Å². The second-order valence-electron chi connectivity index (χ2n) is 6.01. The summed E-state index contributed by atoms with van der Waals surface area (Å²) >= 11 is 6.04. The molecule has 23 heavy (non-hydrogen) atoms. The number of hydrogen-bond donors (Lipinski definition) is 1. The minimum absolute atomic E-state index is 0.302. The molecule has 0 bridgehead atoms. The molecule has 118 valence electrons. The lowest BCUT2D eigenvalue weighted by Gasteiger charge is -2.12. The fraction of sp³-hybridized carbons (Fsp3) is 0.222. The molecule has 0 spiro atoms. The number of aromatic nitrogens is 2. The topological polar surface area (TPSA) is 60.9 Å². The van der Waals surface area contributed by atoms with Crippen molar-refractivity contribution in [1.29, 1.82) is 0 Å². The molecule has 3 rings (SSSR count). The number of aryl methyl sites for hydroxylation is 1. The van der Waals surface area contributed by atoms with Gasteiger partial charge in [0, 0.05) is 10.6 Å². The summed E-state index contributed by atoms with van der Waals surface area (Å²) in [7, 11) is 0. The number of halogens is 1. The predicted octanol–water partition coefficient (Wildman–Crippen LogP) is 3.86. The first-order valence-corrected chi connectivity index (χ1v) is 7.84. The Morgan fingerprint density at radius 2 is 1.83 bits per heavy atom. The summed E-state index contributed by atoms with van der Waals surface area (Å²) in [5, 5.41) is 0.933. The zero-order valence-corrected chi connectivity index (χ0v) is 14.1. The van der Waals surface area contributed by atoms with Crippen LogP contribution in [0.5, 0.6) is 0 Å². The maximum atomic E-state index is 12.5. The average Bonchev–Trinajstić information content (AvgIpc) is 2.51. The maximum absolute atomic E-state index is 12.5. The molecule has 0 aliphatic heterocycles. The van der Waals surface area contributed by atoms with Gasteiger partial charge in [0.25, 0.3) is 5.56 Å². The summed E-state index contributed by atoms with van der Waals surface area (Å²) in [5.41, 5.74) is 3.21. The van der Waals surface area contributed by atoms with Gasteiger partial charge >= 0.3 is 0 Å². The van der Waals surface area contributed by atoms with Crippen LogP contribution in [0.25, 0.3) is 22.3 Å². The van der Waals surface area contributed by atoms with Crippen molar-refractivity contribution < 1.29 is 0 Å². The highest BCUT2D eigenvalue weighted by atomic mass is 35.5. The van der Waals surface area contributed by atoms with E-state index in [2.05, 4.69) is 18.8 Å². The van der Waals surface area contributed by atoms with Crippen molar-refractivity contribution in [2.45, 2.75) is 26.7 Å². The van der Waals surface area contributed by atoms with Crippen LogP contribution in [0.4, 0.5) is 0 Å². The van der Waals surface area contributed by atoms with Crippen molar-refractivity contribution in [3.8, 4) is 11.4 Å². The number of nitrogens with zero attached hydrogens (tertiary/aromatic N) is 2. The van der Waals surface area contributed by atoms with E-state index in [4.69, 9.17) is 17.4 Å². The van der Waals surface area contributed by atoms with Crippen LogP contribution in [0.2, 0.25) is 5.02 Å². The fourth-order valence-electron chi connectivity index (χ4n) is 2.65. The van der Waals surface area contributed by atoms with Gasteiger partial charge in [-0.25, -0.2) is 9.66 Å². The van der Waals surface area contributed by atoms with Crippen molar-refractivity contribution in [1.82, 2.24) is 9.66 Å². The summed E-state index contributed by atoms with van der Waals surface area (Å²) in [6.07, 6.45) is 0. The molecule has 1 aromatic heterocycles. The molecule has 3 aromatic rings. The number of fused-ring (bicyclic) bond motifs is 1. The predicted molar refractivity (Wildman–Crippen MR) is 95.4 cm³/mol. The fourth-order valence-corrected chi connectivity index (χ4v) is 2.93. The van der Waals surface area contributed by atoms with E-state index in [0.29, 0.717) is 27.7 Å².